The topological polar surface area (TPSA) is 58.2 Å². The lowest BCUT2D eigenvalue weighted by Crippen LogP contribution is -2.42. The number of carbonyl (C=O) groups is 2. The molecule has 2 aromatic carbocycles. The van der Waals surface area contributed by atoms with Gasteiger partial charge in [0.1, 0.15) is 0 Å². The van der Waals surface area contributed by atoms with E-state index in [0.29, 0.717) is 15.6 Å². The van der Waals surface area contributed by atoms with E-state index in [9.17, 15) is 9.59 Å². The number of hydrogen-bond donors (Lipinski definition) is 2. The molecule has 0 saturated heterocycles. The maximum Gasteiger partial charge on any atom is 0.269 e. The number of rotatable bonds is 4. The summed E-state index contributed by atoms with van der Waals surface area (Å²) < 4.78 is 0. The molecule has 0 aliphatic carbocycles. The van der Waals surface area contributed by atoms with Gasteiger partial charge in [0, 0.05) is 20.5 Å². The smallest absolute Gasteiger partial charge is 0.269 e. The molecular weight excluding hydrogens is 343 g/mol. The van der Waals surface area contributed by atoms with E-state index in [1.54, 1.807) is 36.4 Å². The number of thioether (sulfide) groups is 1. The largest absolute Gasteiger partial charge is 0.272 e. The van der Waals surface area contributed by atoms with Crippen LogP contribution in [0.15, 0.2) is 53.4 Å². The Morgan fingerprint density at radius 1 is 0.864 bits per heavy atom. The van der Waals surface area contributed by atoms with Gasteiger partial charge in [-0.2, -0.15) is 0 Å². The van der Waals surface area contributed by atoms with Crippen LogP contribution < -0.4 is 10.9 Å². The van der Waals surface area contributed by atoms with Gasteiger partial charge in [0.25, 0.3) is 5.91 Å². The van der Waals surface area contributed by atoms with Crippen molar-refractivity contribution >= 4 is 46.8 Å². The van der Waals surface area contributed by atoms with Gasteiger partial charge in [-0.15, -0.1) is 11.8 Å². The Balaban J connectivity index is 1.76. The lowest BCUT2D eigenvalue weighted by molar-refractivity contribution is -0.119. The molecule has 2 rings (SSSR count). The van der Waals surface area contributed by atoms with Crippen LogP contribution in [0, 0.1) is 0 Å². The van der Waals surface area contributed by atoms with Crippen molar-refractivity contribution < 1.29 is 9.59 Å². The molecule has 7 heteroatoms. The quantitative estimate of drug-likeness (QED) is 0.652. The maximum atomic E-state index is 11.8. The van der Waals surface area contributed by atoms with Gasteiger partial charge < -0.3 is 0 Å². The molecule has 0 aliphatic rings. The SMILES string of the molecule is O=C(CSc1ccc(Cl)cc1)NNC(=O)c1ccc(Cl)cc1. The predicted octanol–water partition coefficient (Wildman–Crippen LogP) is 3.55. The number of amides is 2. The van der Waals surface area contributed by atoms with Crippen LogP contribution in [-0.2, 0) is 4.79 Å². The van der Waals surface area contributed by atoms with Crippen molar-refractivity contribution in [2.45, 2.75) is 4.90 Å². The summed E-state index contributed by atoms with van der Waals surface area (Å²) in [4.78, 5) is 24.4. The molecule has 114 valence electrons. The summed E-state index contributed by atoms with van der Waals surface area (Å²) in [7, 11) is 0. The van der Waals surface area contributed by atoms with Crippen LogP contribution >= 0.6 is 35.0 Å². The Labute approximate surface area is 142 Å². The first kappa shape index (κ1) is 16.7. The van der Waals surface area contributed by atoms with Crippen LogP contribution in [-0.4, -0.2) is 17.6 Å². The molecule has 0 spiro atoms. The fourth-order valence-corrected chi connectivity index (χ4v) is 2.47. The van der Waals surface area contributed by atoms with Crippen LogP contribution in [0.3, 0.4) is 0 Å². The van der Waals surface area contributed by atoms with Gasteiger partial charge in [-0.05, 0) is 48.5 Å². The number of carbonyl (C=O) groups excluding carboxylic acids is 2. The lowest BCUT2D eigenvalue weighted by atomic mass is 10.2. The zero-order chi connectivity index (χ0) is 15.9. The van der Waals surface area contributed by atoms with Gasteiger partial charge >= 0.3 is 0 Å². The summed E-state index contributed by atoms with van der Waals surface area (Å²) in [5.41, 5.74) is 5.12. The van der Waals surface area contributed by atoms with Crippen molar-refractivity contribution in [2.75, 3.05) is 5.75 Å². The molecule has 0 bridgehead atoms. The fourth-order valence-electron chi connectivity index (χ4n) is 1.52. The molecule has 0 atom stereocenters. The van der Waals surface area contributed by atoms with Gasteiger partial charge in [0.15, 0.2) is 0 Å². The highest BCUT2D eigenvalue weighted by atomic mass is 35.5. The van der Waals surface area contributed by atoms with Gasteiger partial charge in [-0.1, -0.05) is 23.2 Å². The molecule has 22 heavy (non-hydrogen) atoms. The van der Waals surface area contributed by atoms with Crippen LogP contribution in [0.4, 0.5) is 0 Å². The highest BCUT2D eigenvalue weighted by Gasteiger charge is 2.07. The number of hydrogen-bond acceptors (Lipinski definition) is 3. The zero-order valence-corrected chi connectivity index (χ0v) is 13.6. The van der Waals surface area contributed by atoms with Crippen molar-refractivity contribution in [3.63, 3.8) is 0 Å². The van der Waals surface area contributed by atoms with Crippen molar-refractivity contribution in [1.82, 2.24) is 10.9 Å². The first-order valence-electron chi connectivity index (χ1n) is 6.28. The van der Waals surface area contributed by atoms with E-state index in [0.717, 1.165) is 4.90 Å². The van der Waals surface area contributed by atoms with E-state index in [2.05, 4.69) is 10.9 Å². The third kappa shape index (κ3) is 5.26. The molecule has 0 fully saturated rings. The molecule has 2 amide bonds. The van der Waals surface area contributed by atoms with Gasteiger partial charge in [0.05, 0.1) is 5.75 Å². The first-order valence-corrected chi connectivity index (χ1v) is 8.02. The summed E-state index contributed by atoms with van der Waals surface area (Å²) in [6.07, 6.45) is 0. The van der Waals surface area contributed by atoms with Crippen LogP contribution in [0.25, 0.3) is 0 Å². The average Bonchev–Trinajstić information content (AvgIpc) is 2.52. The molecule has 0 radical (unpaired) electrons. The minimum Gasteiger partial charge on any atom is -0.272 e. The molecule has 0 saturated carbocycles. The number of hydrazine groups is 1. The Morgan fingerprint density at radius 2 is 1.41 bits per heavy atom. The molecule has 0 heterocycles. The Morgan fingerprint density at radius 3 is 2.00 bits per heavy atom. The van der Waals surface area contributed by atoms with E-state index in [-0.39, 0.29) is 11.7 Å². The first-order chi connectivity index (χ1) is 10.5. The second-order valence-corrected chi connectivity index (χ2v) is 6.17. The van der Waals surface area contributed by atoms with Crippen LogP contribution in [0.5, 0.6) is 0 Å². The Kier molecular flexibility index (Phi) is 6.12. The number of halogens is 2. The molecule has 0 aromatic heterocycles. The minimum atomic E-state index is -0.401. The highest BCUT2D eigenvalue weighted by Crippen LogP contribution is 2.19. The second-order valence-electron chi connectivity index (χ2n) is 4.25. The zero-order valence-electron chi connectivity index (χ0n) is 11.3. The lowest BCUT2D eigenvalue weighted by Gasteiger charge is -2.07. The fraction of sp³-hybridized carbons (Fsp3) is 0.0667. The van der Waals surface area contributed by atoms with E-state index >= 15 is 0 Å². The third-order valence-electron chi connectivity index (χ3n) is 2.61. The molecule has 0 aliphatic heterocycles. The van der Waals surface area contributed by atoms with Crippen molar-refractivity contribution in [2.24, 2.45) is 0 Å². The average molecular weight is 355 g/mol. The van der Waals surface area contributed by atoms with Crippen molar-refractivity contribution in [1.29, 1.82) is 0 Å². The van der Waals surface area contributed by atoms with Gasteiger partial charge in [-0.3, -0.25) is 20.4 Å². The van der Waals surface area contributed by atoms with Crippen molar-refractivity contribution in [3.05, 3.63) is 64.1 Å². The molecule has 2 N–H and O–H groups in total. The molecule has 4 nitrogen and oxygen atoms in total. The van der Waals surface area contributed by atoms with E-state index in [4.69, 9.17) is 23.2 Å². The summed E-state index contributed by atoms with van der Waals surface area (Å²) >= 11 is 12.9. The molecule has 0 unspecified atom stereocenters. The van der Waals surface area contributed by atoms with Gasteiger partial charge in [0.2, 0.25) is 5.91 Å². The normalized spacial score (nSPS) is 10.1. The van der Waals surface area contributed by atoms with Crippen molar-refractivity contribution in [3.8, 4) is 0 Å². The van der Waals surface area contributed by atoms with E-state index in [1.807, 2.05) is 12.1 Å². The monoisotopic (exact) mass is 354 g/mol. The van der Waals surface area contributed by atoms with Crippen LogP contribution in [0.2, 0.25) is 10.0 Å². The summed E-state index contributed by atoms with van der Waals surface area (Å²) in [5.74, 6) is -0.522. The highest BCUT2D eigenvalue weighted by molar-refractivity contribution is 8.00. The standard InChI is InChI=1S/C15H12Cl2N2O2S/c16-11-3-1-10(2-4-11)15(21)19-18-14(20)9-22-13-7-5-12(17)6-8-13/h1-8H,9H2,(H,18,20)(H,19,21). The summed E-state index contributed by atoms with van der Waals surface area (Å²) in [6, 6.07) is 13.5. The Hall–Kier alpha value is -1.69. The number of nitrogens with one attached hydrogen (secondary N) is 2. The maximum absolute atomic E-state index is 11.8. The van der Waals surface area contributed by atoms with Gasteiger partial charge in [-0.25, -0.2) is 0 Å². The summed E-state index contributed by atoms with van der Waals surface area (Å²) in [6.45, 7) is 0. The third-order valence-corrected chi connectivity index (χ3v) is 4.12. The molecular formula is C15H12Cl2N2O2S. The Bertz CT molecular complexity index is 660. The number of benzene rings is 2. The predicted molar refractivity (Wildman–Crippen MR) is 89.2 cm³/mol. The molecule has 2 aromatic rings. The minimum absolute atomic E-state index is 0.183. The second kappa shape index (κ2) is 8.08. The van der Waals surface area contributed by atoms with E-state index in [1.165, 1.54) is 11.8 Å². The van der Waals surface area contributed by atoms with Crippen LogP contribution in [0.1, 0.15) is 10.4 Å². The van der Waals surface area contributed by atoms with E-state index < -0.39 is 5.91 Å². The summed E-state index contributed by atoms with van der Waals surface area (Å²) in [5, 5.41) is 1.18.